The van der Waals surface area contributed by atoms with Crippen molar-refractivity contribution in [3.8, 4) is 5.75 Å². The molecule has 8 heteroatoms. The van der Waals surface area contributed by atoms with Gasteiger partial charge in [0.1, 0.15) is 17.1 Å². The molecule has 32 heavy (non-hydrogen) atoms. The molecule has 1 amide bonds. The predicted octanol–water partition coefficient (Wildman–Crippen LogP) is 5.20. The number of aromatic nitrogens is 1. The van der Waals surface area contributed by atoms with Gasteiger partial charge in [0.2, 0.25) is 5.76 Å². The SMILES string of the molecule is CCOc1cccc([C@@H]2c3c(oc4cc(C)c(Cl)cc4c3=O)C(=O)N2c2cc(C)on2)c1. The lowest BCUT2D eigenvalue weighted by Gasteiger charge is -2.22. The largest absolute Gasteiger partial charge is 0.494 e. The number of anilines is 1. The van der Waals surface area contributed by atoms with Gasteiger partial charge in [0, 0.05) is 11.1 Å². The molecule has 2 aromatic heterocycles. The first-order valence-corrected chi connectivity index (χ1v) is 10.5. The van der Waals surface area contributed by atoms with E-state index in [0.717, 1.165) is 5.56 Å². The molecule has 5 rings (SSSR count). The van der Waals surface area contributed by atoms with Gasteiger partial charge in [-0.3, -0.25) is 14.5 Å². The second-order valence-corrected chi connectivity index (χ2v) is 8.06. The Labute approximate surface area is 188 Å². The summed E-state index contributed by atoms with van der Waals surface area (Å²) in [6.07, 6.45) is 0. The number of carbonyl (C=O) groups excluding carboxylic acids is 1. The Morgan fingerprint density at radius 3 is 2.69 bits per heavy atom. The van der Waals surface area contributed by atoms with E-state index in [4.69, 9.17) is 25.3 Å². The van der Waals surface area contributed by atoms with E-state index in [1.165, 1.54) is 4.90 Å². The average Bonchev–Trinajstić information content (AvgIpc) is 3.31. The van der Waals surface area contributed by atoms with Crippen molar-refractivity contribution in [1.29, 1.82) is 0 Å². The molecule has 3 heterocycles. The highest BCUT2D eigenvalue weighted by Crippen LogP contribution is 2.42. The Morgan fingerprint density at radius 2 is 1.97 bits per heavy atom. The zero-order valence-corrected chi connectivity index (χ0v) is 18.4. The number of aryl methyl sites for hydroxylation is 2. The van der Waals surface area contributed by atoms with Gasteiger partial charge in [0.15, 0.2) is 11.2 Å². The minimum Gasteiger partial charge on any atom is -0.494 e. The fourth-order valence-electron chi connectivity index (χ4n) is 4.05. The highest BCUT2D eigenvalue weighted by molar-refractivity contribution is 6.32. The van der Waals surface area contributed by atoms with Crippen LogP contribution >= 0.6 is 11.6 Å². The summed E-state index contributed by atoms with van der Waals surface area (Å²) in [6, 6.07) is 11.4. The molecule has 0 fully saturated rings. The maximum atomic E-state index is 13.6. The van der Waals surface area contributed by atoms with E-state index >= 15 is 0 Å². The molecule has 0 bridgehead atoms. The van der Waals surface area contributed by atoms with E-state index in [9.17, 15) is 9.59 Å². The highest BCUT2D eigenvalue weighted by Gasteiger charge is 2.45. The summed E-state index contributed by atoms with van der Waals surface area (Å²) < 4.78 is 16.8. The molecule has 7 nitrogen and oxygen atoms in total. The summed E-state index contributed by atoms with van der Waals surface area (Å²) in [5.41, 5.74) is 1.66. The quantitative estimate of drug-likeness (QED) is 0.424. The van der Waals surface area contributed by atoms with Crippen LogP contribution in [0.3, 0.4) is 0 Å². The number of benzene rings is 2. The molecule has 1 aliphatic heterocycles. The van der Waals surface area contributed by atoms with Gasteiger partial charge >= 0.3 is 0 Å². The summed E-state index contributed by atoms with van der Waals surface area (Å²) in [4.78, 5) is 28.6. The summed E-state index contributed by atoms with van der Waals surface area (Å²) in [7, 11) is 0. The van der Waals surface area contributed by atoms with Gasteiger partial charge in [-0.05, 0) is 56.2 Å². The minimum absolute atomic E-state index is 0.0170. The van der Waals surface area contributed by atoms with Crippen LogP contribution in [0.5, 0.6) is 5.75 Å². The van der Waals surface area contributed by atoms with E-state index in [1.54, 1.807) is 25.1 Å². The van der Waals surface area contributed by atoms with Crippen LogP contribution in [0.15, 0.2) is 56.2 Å². The van der Waals surface area contributed by atoms with Crippen LogP contribution in [0.1, 0.15) is 46.0 Å². The molecule has 162 valence electrons. The lowest BCUT2D eigenvalue weighted by Crippen LogP contribution is -2.29. The van der Waals surface area contributed by atoms with Gasteiger partial charge in [-0.15, -0.1) is 0 Å². The van der Waals surface area contributed by atoms with Gasteiger partial charge in [-0.1, -0.05) is 28.9 Å². The Morgan fingerprint density at radius 1 is 1.16 bits per heavy atom. The van der Waals surface area contributed by atoms with Gasteiger partial charge in [-0.2, -0.15) is 0 Å². The average molecular weight is 451 g/mol. The number of fused-ring (bicyclic) bond motifs is 2. The first kappa shape index (κ1) is 20.3. The van der Waals surface area contributed by atoms with E-state index in [-0.39, 0.29) is 16.8 Å². The van der Waals surface area contributed by atoms with Crippen molar-refractivity contribution in [3.63, 3.8) is 0 Å². The van der Waals surface area contributed by atoms with Crippen molar-refractivity contribution in [1.82, 2.24) is 5.16 Å². The van der Waals surface area contributed by atoms with Crippen molar-refractivity contribution >= 4 is 34.3 Å². The van der Waals surface area contributed by atoms with Crippen LogP contribution in [0.25, 0.3) is 11.0 Å². The topological polar surface area (TPSA) is 85.8 Å². The maximum absolute atomic E-state index is 13.6. The third-order valence-electron chi connectivity index (χ3n) is 5.50. The first-order valence-electron chi connectivity index (χ1n) is 10.2. The number of halogens is 1. The second kappa shape index (κ2) is 7.53. The van der Waals surface area contributed by atoms with E-state index < -0.39 is 11.9 Å². The summed E-state index contributed by atoms with van der Waals surface area (Å²) >= 11 is 6.28. The van der Waals surface area contributed by atoms with Crippen LogP contribution in [0, 0.1) is 13.8 Å². The number of rotatable bonds is 4. The number of nitrogens with zero attached hydrogens (tertiary/aromatic N) is 2. The maximum Gasteiger partial charge on any atom is 0.296 e. The Balaban J connectivity index is 1.80. The lowest BCUT2D eigenvalue weighted by atomic mass is 9.98. The molecule has 2 aromatic carbocycles. The van der Waals surface area contributed by atoms with Crippen molar-refractivity contribution in [2.45, 2.75) is 26.8 Å². The van der Waals surface area contributed by atoms with E-state index in [2.05, 4.69) is 5.16 Å². The molecular weight excluding hydrogens is 432 g/mol. The van der Waals surface area contributed by atoms with Gasteiger partial charge in [0.05, 0.1) is 23.6 Å². The van der Waals surface area contributed by atoms with Crippen molar-refractivity contribution in [3.05, 3.63) is 85.9 Å². The smallest absolute Gasteiger partial charge is 0.296 e. The van der Waals surface area contributed by atoms with Crippen LogP contribution in [-0.2, 0) is 0 Å². The van der Waals surface area contributed by atoms with Crippen molar-refractivity contribution in [2.75, 3.05) is 11.5 Å². The van der Waals surface area contributed by atoms with Crippen LogP contribution < -0.4 is 15.1 Å². The van der Waals surface area contributed by atoms with E-state index in [0.29, 0.717) is 45.5 Å². The number of ether oxygens (including phenoxy) is 1. The summed E-state index contributed by atoms with van der Waals surface area (Å²) in [5.74, 6) is 0.982. The fourth-order valence-corrected chi connectivity index (χ4v) is 4.22. The van der Waals surface area contributed by atoms with Gasteiger partial charge in [-0.25, -0.2) is 0 Å². The minimum atomic E-state index is -0.761. The second-order valence-electron chi connectivity index (χ2n) is 7.65. The van der Waals surface area contributed by atoms with E-state index in [1.807, 2.05) is 38.1 Å². The fraction of sp³-hybridized carbons (Fsp3) is 0.208. The molecule has 0 spiro atoms. The Hall–Kier alpha value is -3.58. The molecule has 1 aliphatic rings. The summed E-state index contributed by atoms with van der Waals surface area (Å²) in [5, 5.41) is 4.80. The zero-order valence-electron chi connectivity index (χ0n) is 17.6. The molecule has 0 saturated heterocycles. The molecule has 0 aliphatic carbocycles. The molecule has 0 unspecified atom stereocenters. The van der Waals surface area contributed by atoms with Crippen LogP contribution in [0.4, 0.5) is 5.82 Å². The molecule has 0 N–H and O–H groups in total. The molecule has 4 aromatic rings. The predicted molar refractivity (Wildman–Crippen MR) is 120 cm³/mol. The lowest BCUT2D eigenvalue weighted by molar-refractivity contribution is 0.0969. The number of hydrogen-bond acceptors (Lipinski definition) is 6. The Bertz CT molecular complexity index is 1440. The van der Waals surface area contributed by atoms with Gasteiger partial charge in [0.25, 0.3) is 5.91 Å². The molecular formula is C24H19ClN2O5. The van der Waals surface area contributed by atoms with Crippen molar-refractivity contribution in [2.24, 2.45) is 0 Å². The van der Waals surface area contributed by atoms with Crippen LogP contribution in [-0.4, -0.2) is 17.7 Å². The first-order chi connectivity index (χ1) is 15.4. The zero-order chi connectivity index (χ0) is 22.6. The monoisotopic (exact) mass is 450 g/mol. The van der Waals surface area contributed by atoms with Crippen molar-refractivity contribution < 1.29 is 18.5 Å². The normalized spacial score (nSPS) is 15.4. The third-order valence-corrected chi connectivity index (χ3v) is 5.91. The number of hydrogen-bond donors (Lipinski definition) is 0. The molecule has 1 atom stereocenters. The number of amides is 1. The Kier molecular flexibility index (Phi) is 4.78. The molecule has 0 saturated carbocycles. The van der Waals surface area contributed by atoms with Gasteiger partial charge < -0.3 is 13.7 Å². The highest BCUT2D eigenvalue weighted by atomic mass is 35.5. The standard InChI is InChI=1S/C24H19ClN2O5/c1-4-30-15-7-5-6-14(10-15)21-20-22(28)16-11-17(25)12(2)8-18(16)31-23(20)24(29)27(21)19-9-13(3)32-26-19/h5-11,21H,4H2,1-3H3/t21-/m1/s1. The summed E-state index contributed by atoms with van der Waals surface area (Å²) in [6.45, 7) is 5.92. The number of carbonyl (C=O) groups is 1. The van der Waals surface area contributed by atoms with Crippen LogP contribution in [0.2, 0.25) is 5.02 Å². The molecule has 0 radical (unpaired) electrons. The third kappa shape index (κ3) is 3.08.